The summed E-state index contributed by atoms with van der Waals surface area (Å²) < 4.78 is 5.11. The molecule has 13 heavy (non-hydrogen) atoms. The highest BCUT2D eigenvalue weighted by atomic mass is 16.5. The number of ether oxygens (including phenoxy) is 1. The van der Waals surface area contributed by atoms with Gasteiger partial charge in [0.1, 0.15) is 5.75 Å². The molecule has 1 aromatic carbocycles. The average Bonchev–Trinajstić information content (AvgIpc) is 2.16. The summed E-state index contributed by atoms with van der Waals surface area (Å²) >= 11 is 0. The minimum Gasteiger partial charge on any atom is -0.496 e. The van der Waals surface area contributed by atoms with Crippen molar-refractivity contribution in [1.29, 1.82) is 5.26 Å². The molecule has 0 saturated heterocycles. The maximum atomic E-state index is 8.69. The molecule has 66 valence electrons. The van der Waals surface area contributed by atoms with Crippen LogP contribution in [0.5, 0.6) is 5.75 Å². The predicted molar refractivity (Wildman–Crippen MR) is 52.4 cm³/mol. The van der Waals surface area contributed by atoms with E-state index in [0.29, 0.717) is 11.3 Å². The number of nitriles is 1. The first-order valence-electron chi connectivity index (χ1n) is 3.93. The molecular weight excluding hydrogens is 162 g/mol. The van der Waals surface area contributed by atoms with Crippen molar-refractivity contribution in [1.82, 2.24) is 0 Å². The topological polar surface area (TPSA) is 33.0 Å². The van der Waals surface area contributed by atoms with Crippen molar-refractivity contribution in [2.75, 3.05) is 7.11 Å². The second-order valence-electron chi connectivity index (χ2n) is 2.79. The van der Waals surface area contributed by atoms with Crippen molar-refractivity contribution in [2.45, 2.75) is 6.92 Å². The summed E-state index contributed by atoms with van der Waals surface area (Å²) in [7, 11) is 1.58. The van der Waals surface area contributed by atoms with Gasteiger partial charge < -0.3 is 4.74 Å². The molecule has 0 aliphatic heterocycles. The first-order valence-corrected chi connectivity index (χ1v) is 3.93. The largest absolute Gasteiger partial charge is 0.496 e. The molecule has 0 N–H and O–H groups in total. The average molecular weight is 173 g/mol. The Hall–Kier alpha value is -1.75. The maximum absolute atomic E-state index is 8.69. The predicted octanol–water partition coefficient (Wildman–Crippen LogP) is 2.54. The van der Waals surface area contributed by atoms with Crippen LogP contribution in [0.15, 0.2) is 24.8 Å². The zero-order chi connectivity index (χ0) is 9.84. The highest BCUT2D eigenvalue weighted by Crippen LogP contribution is 2.25. The van der Waals surface area contributed by atoms with Crippen LogP contribution >= 0.6 is 0 Å². The zero-order valence-electron chi connectivity index (χ0n) is 7.79. The normalized spacial score (nSPS) is 9.00. The quantitative estimate of drug-likeness (QED) is 0.644. The van der Waals surface area contributed by atoms with Gasteiger partial charge in [-0.05, 0) is 19.1 Å². The van der Waals surface area contributed by atoms with E-state index in [1.54, 1.807) is 7.11 Å². The molecule has 0 fully saturated rings. The lowest BCUT2D eigenvalue weighted by molar-refractivity contribution is 0.413. The van der Waals surface area contributed by atoms with Crippen LogP contribution in [0.4, 0.5) is 0 Å². The highest BCUT2D eigenvalue weighted by molar-refractivity contribution is 5.78. The van der Waals surface area contributed by atoms with Crippen LogP contribution in [-0.4, -0.2) is 7.11 Å². The van der Waals surface area contributed by atoms with E-state index < -0.39 is 0 Å². The van der Waals surface area contributed by atoms with Gasteiger partial charge in [0, 0.05) is 5.56 Å². The maximum Gasteiger partial charge on any atom is 0.127 e. The van der Waals surface area contributed by atoms with Crippen LogP contribution in [0.3, 0.4) is 0 Å². The SMILES string of the molecule is C=C(C#N)c1cc(C)ccc1OC. The van der Waals surface area contributed by atoms with E-state index >= 15 is 0 Å². The van der Waals surface area contributed by atoms with Crippen molar-refractivity contribution < 1.29 is 4.74 Å². The summed E-state index contributed by atoms with van der Waals surface area (Å²) in [6, 6.07) is 7.68. The number of methoxy groups -OCH3 is 1. The molecule has 0 unspecified atom stereocenters. The van der Waals surface area contributed by atoms with E-state index in [0.717, 1.165) is 11.1 Å². The molecule has 0 saturated carbocycles. The smallest absolute Gasteiger partial charge is 0.127 e. The molecule has 0 bridgehead atoms. The van der Waals surface area contributed by atoms with Crippen LogP contribution in [0.1, 0.15) is 11.1 Å². The summed E-state index contributed by atoms with van der Waals surface area (Å²) in [5.74, 6) is 0.692. The van der Waals surface area contributed by atoms with Crippen molar-refractivity contribution in [3.63, 3.8) is 0 Å². The van der Waals surface area contributed by atoms with Gasteiger partial charge >= 0.3 is 0 Å². The third kappa shape index (κ3) is 1.88. The fraction of sp³-hybridized carbons (Fsp3) is 0.182. The fourth-order valence-electron chi connectivity index (χ4n) is 1.12. The molecule has 2 nitrogen and oxygen atoms in total. The zero-order valence-corrected chi connectivity index (χ0v) is 7.79. The van der Waals surface area contributed by atoms with Gasteiger partial charge in [-0.3, -0.25) is 0 Å². The molecule has 1 aromatic rings. The Morgan fingerprint density at radius 3 is 2.77 bits per heavy atom. The molecule has 0 aliphatic carbocycles. The minimum absolute atomic E-state index is 0.431. The number of nitrogens with zero attached hydrogens (tertiary/aromatic N) is 1. The van der Waals surface area contributed by atoms with E-state index in [9.17, 15) is 0 Å². The Bertz CT molecular complexity index is 374. The van der Waals surface area contributed by atoms with Gasteiger partial charge in [0.2, 0.25) is 0 Å². The Balaban J connectivity index is 3.25. The Morgan fingerprint density at radius 1 is 1.54 bits per heavy atom. The number of benzene rings is 1. The monoisotopic (exact) mass is 173 g/mol. The molecule has 0 radical (unpaired) electrons. The number of rotatable bonds is 2. The van der Waals surface area contributed by atoms with E-state index in [2.05, 4.69) is 6.58 Å². The first-order chi connectivity index (χ1) is 6.19. The van der Waals surface area contributed by atoms with E-state index in [1.165, 1.54) is 0 Å². The third-order valence-electron chi connectivity index (χ3n) is 1.82. The minimum atomic E-state index is 0.431. The number of hydrogen-bond donors (Lipinski definition) is 0. The van der Waals surface area contributed by atoms with Crippen molar-refractivity contribution in [2.24, 2.45) is 0 Å². The second kappa shape index (κ2) is 3.77. The first kappa shape index (κ1) is 9.34. The summed E-state index contributed by atoms with van der Waals surface area (Å²) in [5, 5.41) is 8.69. The van der Waals surface area contributed by atoms with Crippen molar-refractivity contribution in [3.05, 3.63) is 35.9 Å². The molecule has 0 amide bonds. The van der Waals surface area contributed by atoms with Crippen LogP contribution in [0.2, 0.25) is 0 Å². The van der Waals surface area contributed by atoms with Gasteiger partial charge in [-0.2, -0.15) is 5.26 Å². The van der Waals surface area contributed by atoms with Crippen LogP contribution in [-0.2, 0) is 0 Å². The lowest BCUT2D eigenvalue weighted by Gasteiger charge is -2.06. The molecule has 0 heterocycles. The van der Waals surface area contributed by atoms with Gasteiger partial charge in [-0.15, -0.1) is 0 Å². The summed E-state index contributed by atoms with van der Waals surface area (Å²) in [4.78, 5) is 0. The molecular formula is C11H11NO. The second-order valence-corrected chi connectivity index (χ2v) is 2.79. The standard InChI is InChI=1S/C11H11NO/c1-8-4-5-11(13-3)10(6-8)9(2)7-12/h4-6H,2H2,1,3H3. The number of allylic oxidation sites excluding steroid dienone is 1. The van der Waals surface area contributed by atoms with Crippen molar-refractivity contribution in [3.8, 4) is 11.8 Å². The third-order valence-corrected chi connectivity index (χ3v) is 1.82. The molecule has 1 rings (SSSR count). The van der Waals surface area contributed by atoms with Gasteiger partial charge in [0.05, 0.1) is 18.8 Å². The summed E-state index contributed by atoms with van der Waals surface area (Å²) in [6.45, 7) is 5.62. The number of hydrogen-bond acceptors (Lipinski definition) is 2. The summed E-state index contributed by atoms with van der Waals surface area (Å²) in [6.07, 6.45) is 0. The van der Waals surface area contributed by atoms with Gasteiger partial charge in [-0.1, -0.05) is 18.2 Å². The Labute approximate surface area is 78.1 Å². The van der Waals surface area contributed by atoms with Crippen molar-refractivity contribution >= 4 is 5.57 Å². The molecule has 2 heteroatoms. The molecule has 0 aliphatic rings. The van der Waals surface area contributed by atoms with E-state index in [-0.39, 0.29) is 0 Å². The van der Waals surface area contributed by atoms with Gasteiger partial charge in [0.15, 0.2) is 0 Å². The molecule has 0 aromatic heterocycles. The van der Waals surface area contributed by atoms with Gasteiger partial charge in [-0.25, -0.2) is 0 Å². The Morgan fingerprint density at radius 2 is 2.23 bits per heavy atom. The van der Waals surface area contributed by atoms with Crippen LogP contribution in [0, 0.1) is 18.3 Å². The van der Waals surface area contributed by atoms with E-state index in [1.807, 2.05) is 31.2 Å². The lowest BCUT2D eigenvalue weighted by Crippen LogP contribution is -1.90. The number of aryl methyl sites for hydroxylation is 1. The lowest BCUT2D eigenvalue weighted by atomic mass is 10.0. The fourth-order valence-corrected chi connectivity index (χ4v) is 1.12. The summed E-state index contributed by atoms with van der Waals surface area (Å²) in [5.41, 5.74) is 2.29. The van der Waals surface area contributed by atoms with Crippen LogP contribution in [0.25, 0.3) is 5.57 Å². The van der Waals surface area contributed by atoms with Gasteiger partial charge in [0.25, 0.3) is 0 Å². The highest BCUT2D eigenvalue weighted by Gasteiger charge is 2.05. The molecule has 0 spiro atoms. The molecule has 0 atom stereocenters. The Kier molecular flexibility index (Phi) is 2.71. The van der Waals surface area contributed by atoms with E-state index in [4.69, 9.17) is 10.00 Å². The van der Waals surface area contributed by atoms with Crippen LogP contribution < -0.4 is 4.74 Å².